The fourth-order valence-corrected chi connectivity index (χ4v) is 4.47. The second-order valence-electron chi connectivity index (χ2n) is 8.46. The quantitative estimate of drug-likeness (QED) is 0.522. The third-order valence-corrected chi connectivity index (χ3v) is 6.22. The summed E-state index contributed by atoms with van der Waals surface area (Å²) in [6.45, 7) is 0. The van der Waals surface area contributed by atoms with Gasteiger partial charge in [-0.2, -0.15) is 0 Å². The Morgan fingerprint density at radius 1 is 1.00 bits per heavy atom. The summed E-state index contributed by atoms with van der Waals surface area (Å²) in [5.74, 6) is 0.300. The molecule has 1 N–H and O–H groups in total. The average Bonchev–Trinajstić information content (AvgIpc) is 2.92. The van der Waals surface area contributed by atoms with Crippen molar-refractivity contribution in [3.8, 4) is 11.5 Å². The van der Waals surface area contributed by atoms with E-state index in [9.17, 15) is 9.59 Å². The van der Waals surface area contributed by atoms with Crippen molar-refractivity contribution >= 4 is 17.5 Å². The Morgan fingerprint density at radius 3 is 2.49 bits per heavy atom. The molecule has 2 aromatic heterocycles. The molecule has 1 saturated carbocycles. The van der Waals surface area contributed by atoms with Crippen LogP contribution in [0.2, 0.25) is 0 Å². The Labute approximate surface area is 205 Å². The zero-order valence-corrected chi connectivity index (χ0v) is 20.0. The molecule has 35 heavy (non-hydrogen) atoms. The number of carbonyl (C=O) groups is 2. The number of nitrogens with zero attached hydrogens (tertiary/aromatic N) is 3. The molecule has 1 aliphatic carbocycles. The van der Waals surface area contributed by atoms with Crippen molar-refractivity contribution in [2.24, 2.45) is 0 Å². The zero-order chi connectivity index (χ0) is 24.6. The van der Waals surface area contributed by atoms with E-state index in [0.29, 0.717) is 22.7 Å². The fraction of sp³-hybridized carbons (Fsp3) is 0.333. The van der Waals surface area contributed by atoms with Crippen LogP contribution in [0.5, 0.6) is 11.5 Å². The van der Waals surface area contributed by atoms with Crippen LogP contribution in [0.1, 0.15) is 54.2 Å². The molecule has 0 bridgehead atoms. The van der Waals surface area contributed by atoms with E-state index in [2.05, 4.69) is 15.3 Å². The maximum Gasteiger partial charge on any atom is 0.277 e. The van der Waals surface area contributed by atoms with Crippen LogP contribution in [-0.2, 0) is 4.79 Å². The second-order valence-corrected chi connectivity index (χ2v) is 8.46. The molecule has 8 heteroatoms. The number of ether oxygens (including phenoxy) is 2. The lowest BCUT2D eigenvalue weighted by molar-refractivity contribution is -0.123. The van der Waals surface area contributed by atoms with Crippen LogP contribution in [0.25, 0.3) is 0 Å². The van der Waals surface area contributed by atoms with Gasteiger partial charge in [0.05, 0.1) is 26.1 Å². The van der Waals surface area contributed by atoms with Gasteiger partial charge in [-0.25, -0.2) is 0 Å². The number of anilines is 1. The highest BCUT2D eigenvalue weighted by atomic mass is 16.5. The molecule has 2 amide bonds. The summed E-state index contributed by atoms with van der Waals surface area (Å²) in [6, 6.07) is 12.8. The molecule has 0 saturated heterocycles. The van der Waals surface area contributed by atoms with Crippen LogP contribution in [0, 0.1) is 0 Å². The van der Waals surface area contributed by atoms with E-state index < -0.39 is 11.9 Å². The number of benzene rings is 1. The molecule has 8 nitrogen and oxygen atoms in total. The minimum absolute atomic E-state index is 0.0519. The molecular formula is C27H30N4O4. The zero-order valence-electron chi connectivity index (χ0n) is 20.0. The highest BCUT2D eigenvalue weighted by Crippen LogP contribution is 2.36. The molecule has 0 radical (unpaired) electrons. The van der Waals surface area contributed by atoms with E-state index >= 15 is 0 Å². The monoisotopic (exact) mass is 474 g/mol. The Balaban J connectivity index is 1.86. The number of pyridine rings is 2. The van der Waals surface area contributed by atoms with E-state index in [1.54, 1.807) is 74.2 Å². The first kappa shape index (κ1) is 24.2. The summed E-state index contributed by atoms with van der Waals surface area (Å²) >= 11 is 0. The van der Waals surface area contributed by atoms with Crippen molar-refractivity contribution in [1.29, 1.82) is 0 Å². The van der Waals surface area contributed by atoms with Crippen LogP contribution in [0.15, 0.2) is 67.1 Å². The minimum Gasteiger partial charge on any atom is -0.497 e. The smallest absolute Gasteiger partial charge is 0.277 e. The first-order valence-corrected chi connectivity index (χ1v) is 11.8. The summed E-state index contributed by atoms with van der Waals surface area (Å²) in [7, 11) is 3.09. The lowest BCUT2D eigenvalue weighted by Crippen LogP contribution is -2.47. The van der Waals surface area contributed by atoms with Crippen molar-refractivity contribution in [2.45, 2.75) is 44.2 Å². The Hall–Kier alpha value is -3.94. The van der Waals surface area contributed by atoms with Gasteiger partial charge < -0.3 is 14.8 Å². The summed E-state index contributed by atoms with van der Waals surface area (Å²) in [5, 5.41) is 3.19. The summed E-state index contributed by atoms with van der Waals surface area (Å²) in [4.78, 5) is 37.8. The van der Waals surface area contributed by atoms with Gasteiger partial charge in [-0.05, 0) is 55.3 Å². The molecule has 3 aromatic rings. The SMILES string of the molecule is COc1ccc(OC)c([C@@H](C(=O)NC2CCCCC2)N(C(=O)c2ccccn2)c2cccnc2)c1. The lowest BCUT2D eigenvalue weighted by Gasteiger charge is -2.33. The molecule has 1 fully saturated rings. The van der Waals surface area contributed by atoms with Gasteiger partial charge in [0.25, 0.3) is 5.91 Å². The Bertz CT molecular complexity index is 1130. The number of methoxy groups -OCH3 is 2. The van der Waals surface area contributed by atoms with Gasteiger partial charge in [-0.3, -0.25) is 24.5 Å². The van der Waals surface area contributed by atoms with E-state index in [1.165, 1.54) is 18.4 Å². The third kappa shape index (κ3) is 5.59. The topological polar surface area (TPSA) is 93.7 Å². The molecular weight excluding hydrogens is 444 g/mol. The highest BCUT2D eigenvalue weighted by molar-refractivity contribution is 6.09. The molecule has 182 valence electrons. The van der Waals surface area contributed by atoms with E-state index in [4.69, 9.17) is 9.47 Å². The molecule has 2 heterocycles. The number of carbonyl (C=O) groups excluding carboxylic acids is 2. The van der Waals surface area contributed by atoms with Crippen molar-refractivity contribution in [3.63, 3.8) is 0 Å². The molecule has 1 atom stereocenters. The third-order valence-electron chi connectivity index (χ3n) is 6.22. The number of amides is 2. The normalized spacial score (nSPS) is 14.6. The van der Waals surface area contributed by atoms with Crippen molar-refractivity contribution in [2.75, 3.05) is 19.1 Å². The van der Waals surface area contributed by atoms with Gasteiger partial charge in [-0.15, -0.1) is 0 Å². The number of hydrogen-bond acceptors (Lipinski definition) is 6. The van der Waals surface area contributed by atoms with Crippen molar-refractivity contribution in [3.05, 3.63) is 78.4 Å². The highest BCUT2D eigenvalue weighted by Gasteiger charge is 2.37. The second kappa shape index (κ2) is 11.5. The van der Waals surface area contributed by atoms with Crippen LogP contribution >= 0.6 is 0 Å². The van der Waals surface area contributed by atoms with E-state index in [0.717, 1.165) is 25.7 Å². The first-order valence-electron chi connectivity index (χ1n) is 11.8. The van der Waals surface area contributed by atoms with Crippen LogP contribution in [0.4, 0.5) is 5.69 Å². The van der Waals surface area contributed by atoms with Gasteiger partial charge in [0.15, 0.2) is 0 Å². The Morgan fingerprint density at radius 2 is 1.83 bits per heavy atom. The van der Waals surface area contributed by atoms with Crippen LogP contribution < -0.4 is 19.7 Å². The van der Waals surface area contributed by atoms with Gasteiger partial charge >= 0.3 is 0 Å². The van der Waals surface area contributed by atoms with Gasteiger partial charge in [-0.1, -0.05) is 25.3 Å². The molecule has 1 aromatic carbocycles. The maximum absolute atomic E-state index is 14.0. The van der Waals surface area contributed by atoms with Crippen molar-refractivity contribution in [1.82, 2.24) is 15.3 Å². The lowest BCUT2D eigenvalue weighted by atomic mass is 9.94. The number of nitrogens with one attached hydrogen (secondary N) is 1. The standard InChI is InChI=1S/C27H30N4O4/c1-34-21-13-14-24(35-2)22(17-21)25(26(32)30-19-9-4-3-5-10-19)31(20-11-8-15-28-18-20)27(33)23-12-6-7-16-29-23/h6-8,11-19,25H,3-5,9-10H2,1-2H3,(H,30,32)/t25-/m0/s1. The fourth-order valence-electron chi connectivity index (χ4n) is 4.47. The predicted molar refractivity (Wildman–Crippen MR) is 133 cm³/mol. The number of hydrogen-bond donors (Lipinski definition) is 1. The summed E-state index contributed by atoms with van der Waals surface area (Å²) < 4.78 is 11.1. The molecule has 1 aliphatic rings. The summed E-state index contributed by atoms with van der Waals surface area (Å²) in [6.07, 6.45) is 9.86. The first-order chi connectivity index (χ1) is 17.1. The average molecular weight is 475 g/mol. The Kier molecular flexibility index (Phi) is 7.92. The van der Waals surface area contributed by atoms with Crippen LogP contribution in [-0.4, -0.2) is 42.0 Å². The molecule has 0 unspecified atom stereocenters. The van der Waals surface area contributed by atoms with E-state index in [1.807, 2.05) is 0 Å². The number of rotatable bonds is 8. The van der Waals surface area contributed by atoms with Crippen molar-refractivity contribution < 1.29 is 19.1 Å². The largest absolute Gasteiger partial charge is 0.497 e. The minimum atomic E-state index is -1.04. The summed E-state index contributed by atoms with van der Waals surface area (Å²) in [5.41, 5.74) is 1.19. The predicted octanol–water partition coefficient (Wildman–Crippen LogP) is 4.33. The van der Waals surface area contributed by atoms with E-state index in [-0.39, 0.29) is 17.6 Å². The van der Waals surface area contributed by atoms with Gasteiger partial charge in [0.2, 0.25) is 5.91 Å². The van der Waals surface area contributed by atoms with Crippen LogP contribution in [0.3, 0.4) is 0 Å². The molecule has 4 rings (SSSR count). The van der Waals surface area contributed by atoms with Gasteiger partial charge in [0, 0.05) is 24.0 Å². The number of aromatic nitrogens is 2. The molecule has 0 spiro atoms. The van der Waals surface area contributed by atoms with Gasteiger partial charge in [0.1, 0.15) is 23.2 Å². The molecule has 0 aliphatic heterocycles. The maximum atomic E-state index is 14.0.